The van der Waals surface area contributed by atoms with Crippen LogP contribution >= 0.6 is 0 Å². The highest BCUT2D eigenvalue weighted by atomic mass is 16.6. The van der Waals surface area contributed by atoms with E-state index in [2.05, 4.69) is 0 Å². The molecule has 5 nitrogen and oxygen atoms in total. The summed E-state index contributed by atoms with van der Waals surface area (Å²) in [6, 6.07) is 0. The van der Waals surface area contributed by atoms with Gasteiger partial charge in [-0.15, -0.1) is 0 Å². The maximum Gasteiger partial charge on any atom is 0.107 e. The smallest absolute Gasteiger partial charge is 0.107 e. The van der Waals surface area contributed by atoms with Crippen LogP contribution in [0.3, 0.4) is 0 Å². The van der Waals surface area contributed by atoms with Crippen LogP contribution in [0.15, 0.2) is 0 Å². The molecule has 2 aliphatic rings. The molecule has 2 fully saturated rings. The van der Waals surface area contributed by atoms with Crippen molar-refractivity contribution in [3.63, 3.8) is 0 Å². The number of unbranched alkanes of at least 4 members (excludes halogenated alkanes) is 10. The Balaban J connectivity index is 1.56. The molecule has 2 rings (SSSR count). The molecule has 2 aliphatic heterocycles. The van der Waals surface area contributed by atoms with Crippen molar-refractivity contribution in [2.75, 3.05) is 26.4 Å². The third-order valence-electron chi connectivity index (χ3n) is 5.69. The van der Waals surface area contributed by atoms with Gasteiger partial charge in [0.05, 0.1) is 25.4 Å². The van der Waals surface area contributed by atoms with Crippen molar-refractivity contribution in [1.29, 1.82) is 0 Å². The summed E-state index contributed by atoms with van der Waals surface area (Å²) in [7, 11) is 0. The van der Waals surface area contributed by atoms with E-state index in [9.17, 15) is 0 Å². The van der Waals surface area contributed by atoms with E-state index < -0.39 is 0 Å². The van der Waals surface area contributed by atoms with Gasteiger partial charge in [-0.1, -0.05) is 64.2 Å². The number of rotatable bonds is 20. The van der Waals surface area contributed by atoms with Crippen LogP contribution in [-0.4, -0.2) is 61.1 Å². The lowest BCUT2D eigenvalue weighted by atomic mass is 10.0. The topological polar surface area (TPSA) is 74.8 Å². The van der Waals surface area contributed by atoms with E-state index in [0.717, 1.165) is 51.7 Å². The molecule has 4 atom stereocenters. The highest BCUT2D eigenvalue weighted by Crippen LogP contribution is 2.29. The molecule has 0 bridgehead atoms. The SMILES string of the molecule is OCCCCCCCCC(OC(CCCCCCCCO)C1CO1)C1CO1. The molecular formula is C22H42O5. The highest BCUT2D eigenvalue weighted by molar-refractivity contribution is 4.86. The van der Waals surface area contributed by atoms with Crippen LogP contribution in [0.1, 0.15) is 89.9 Å². The van der Waals surface area contributed by atoms with Gasteiger partial charge in [-0.05, 0) is 25.7 Å². The summed E-state index contributed by atoms with van der Waals surface area (Å²) in [5.74, 6) is 0. The quantitative estimate of drug-likeness (QED) is 0.244. The first kappa shape index (κ1) is 23.1. The Hall–Kier alpha value is -0.200. The zero-order valence-corrected chi connectivity index (χ0v) is 17.2. The standard InChI is InChI=1S/C22H42O5/c23-15-11-7-3-1-5-9-13-19(21-17-25-21)27-20(22-18-26-22)14-10-6-2-4-8-12-16-24/h19-24H,1-18H2. The summed E-state index contributed by atoms with van der Waals surface area (Å²) in [6.45, 7) is 2.35. The van der Waals surface area contributed by atoms with Crippen molar-refractivity contribution in [3.8, 4) is 0 Å². The Morgan fingerprint density at radius 1 is 0.593 bits per heavy atom. The number of hydrogen-bond donors (Lipinski definition) is 2. The van der Waals surface area contributed by atoms with Crippen molar-refractivity contribution in [3.05, 3.63) is 0 Å². The maximum absolute atomic E-state index is 8.82. The average Bonchev–Trinajstić information content (AvgIpc) is 3.57. The summed E-state index contributed by atoms with van der Waals surface area (Å²) >= 11 is 0. The van der Waals surface area contributed by atoms with Gasteiger partial charge in [0.2, 0.25) is 0 Å². The van der Waals surface area contributed by atoms with E-state index in [0.29, 0.717) is 25.4 Å². The molecule has 2 saturated heterocycles. The molecule has 4 unspecified atom stereocenters. The van der Waals surface area contributed by atoms with E-state index in [-0.39, 0.29) is 12.2 Å². The first-order chi connectivity index (χ1) is 13.3. The fraction of sp³-hybridized carbons (Fsp3) is 1.00. The van der Waals surface area contributed by atoms with Crippen molar-refractivity contribution >= 4 is 0 Å². The Morgan fingerprint density at radius 3 is 1.26 bits per heavy atom. The van der Waals surface area contributed by atoms with Crippen LogP contribution < -0.4 is 0 Å². The number of hydrogen-bond acceptors (Lipinski definition) is 5. The van der Waals surface area contributed by atoms with E-state index >= 15 is 0 Å². The summed E-state index contributed by atoms with van der Waals surface area (Å²) in [5, 5.41) is 17.6. The van der Waals surface area contributed by atoms with Crippen molar-refractivity contribution in [2.24, 2.45) is 0 Å². The fourth-order valence-electron chi connectivity index (χ4n) is 3.78. The van der Waals surface area contributed by atoms with Crippen LogP contribution in [0.25, 0.3) is 0 Å². The van der Waals surface area contributed by atoms with Gasteiger partial charge in [-0.2, -0.15) is 0 Å². The second-order valence-corrected chi connectivity index (χ2v) is 8.22. The first-order valence-corrected chi connectivity index (χ1v) is 11.5. The van der Waals surface area contributed by atoms with Crippen LogP contribution in [0.5, 0.6) is 0 Å². The fourth-order valence-corrected chi connectivity index (χ4v) is 3.78. The highest BCUT2D eigenvalue weighted by Gasteiger charge is 2.39. The molecule has 0 saturated carbocycles. The lowest BCUT2D eigenvalue weighted by molar-refractivity contribution is -0.0468. The zero-order chi connectivity index (χ0) is 19.2. The van der Waals surface area contributed by atoms with E-state index in [1.165, 1.54) is 51.4 Å². The number of ether oxygens (including phenoxy) is 3. The summed E-state index contributed by atoms with van der Waals surface area (Å²) in [4.78, 5) is 0. The molecule has 2 N–H and O–H groups in total. The second-order valence-electron chi connectivity index (χ2n) is 8.22. The van der Waals surface area contributed by atoms with Crippen LogP contribution in [-0.2, 0) is 14.2 Å². The van der Waals surface area contributed by atoms with Crippen molar-refractivity contribution in [2.45, 2.75) is 114 Å². The Kier molecular flexibility index (Phi) is 12.6. The third kappa shape index (κ3) is 11.4. The molecule has 2 heterocycles. The van der Waals surface area contributed by atoms with Gasteiger partial charge >= 0.3 is 0 Å². The summed E-state index contributed by atoms with van der Waals surface area (Å²) in [5.41, 5.74) is 0. The van der Waals surface area contributed by atoms with Gasteiger partial charge < -0.3 is 24.4 Å². The monoisotopic (exact) mass is 386 g/mol. The average molecular weight is 387 g/mol. The first-order valence-electron chi connectivity index (χ1n) is 11.5. The molecule has 0 aromatic heterocycles. The number of epoxide rings is 2. The molecule has 27 heavy (non-hydrogen) atoms. The second kappa shape index (κ2) is 14.7. The summed E-state index contributed by atoms with van der Waals surface area (Å²) < 4.78 is 17.6. The molecule has 0 amide bonds. The van der Waals surface area contributed by atoms with Crippen molar-refractivity contribution < 1.29 is 24.4 Å². The Morgan fingerprint density at radius 2 is 0.926 bits per heavy atom. The molecule has 160 valence electrons. The lowest BCUT2D eigenvalue weighted by Crippen LogP contribution is -2.30. The number of aliphatic hydroxyl groups excluding tert-OH is 2. The van der Waals surface area contributed by atoms with Crippen LogP contribution in [0, 0.1) is 0 Å². The van der Waals surface area contributed by atoms with Gasteiger partial charge in [0.25, 0.3) is 0 Å². The minimum absolute atomic E-state index is 0.237. The van der Waals surface area contributed by atoms with E-state index in [1.54, 1.807) is 0 Å². The zero-order valence-electron chi connectivity index (χ0n) is 17.2. The predicted octanol–water partition coefficient (Wildman–Crippen LogP) is 3.98. The minimum Gasteiger partial charge on any atom is -0.396 e. The molecule has 5 heteroatoms. The van der Waals surface area contributed by atoms with Gasteiger partial charge in [-0.3, -0.25) is 0 Å². The molecule has 0 aromatic carbocycles. The molecular weight excluding hydrogens is 344 g/mol. The van der Waals surface area contributed by atoms with Gasteiger partial charge in [0, 0.05) is 13.2 Å². The minimum atomic E-state index is 0.237. The number of aliphatic hydroxyl groups is 2. The van der Waals surface area contributed by atoms with E-state index in [1.807, 2.05) is 0 Å². The van der Waals surface area contributed by atoms with Gasteiger partial charge in [0.15, 0.2) is 0 Å². The van der Waals surface area contributed by atoms with E-state index in [4.69, 9.17) is 24.4 Å². The van der Waals surface area contributed by atoms with Crippen LogP contribution in [0.4, 0.5) is 0 Å². The normalized spacial score (nSPS) is 23.3. The van der Waals surface area contributed by atoms with Gasteiger partial charge in [-0.25, -0.2) is 0 Å². The largest absolute Gasteiger partial charge is 0.396 e. The summed E-state index contributed by atoms with van der Waals surface area (Å²) in [6.07, 6.45) is 17.3. The molecule has 0 aliphatic carbocycles. The predicted molar refractivity (Wildman–Crippen MR) is 107 cm³/mol. The third-order valence-corrected chi connectivity index (χ3v) is 5.69. The van der Waals surface area contributed by atoms with Crippen LogP contribution in [0.2, 0.25) is 0 Å². The molecule has 0 spiro atoms. The Labute approximate surface area is 165 Å². The Bertz CT molecular complexity index is 312. The lowest BCUT2D eigenvalue weighted by Gasteiger charge is -2.23. The van der Waals surface area contributed by atoms with Crippen molar-refractivity contribution in [1.82, 2.24) is 0 Å². The van der Waals surface area contributed by atoms with Gasteiger partial charge in [0.1, 0.15) is 12.2 Å². The molecule has 0 aromatic rings. The molecule has 0 radical (unpaired) electrons. The maximum atomic E-state index is 8.82.